The molecule has 1 aliphatic carbocycles. The number of carbonyl (C=O) groups excluding carboxylic acids is 2. The Hall–Kier alpha value is -1.59. The second-order valence-corrected chi connectivity index (χ2v) is 6.67. The fourth-order valence-corrected chi connectivity index (χ4v) is 2.81. The van der Waals surface area contributed by atoms with Crippen molar-refractivity contribution in [3.63, 3.8) is 0 Å². The zero-order valence-corrected chi connectivity index (χ0v) is 14.4. The number of amides is 2. The maximum Gasteiger partial charge on any atom is 0.246 e. The van der Waals surface area contributed by atoms with Crippen LogP contribution in [0, 0.1) is 5.92 Å². The summed E-state index contributed by atoms with van der Waals surface area (Å²) in [6.07, 6.45) is 0.892. The van der Waals surface area contributed by atoms with Gasteiger partial charge in [0.1, 0.15) is 12.6 Å². The number of nitrogens with one attached hydrogen (secondary N) is 2. The van der Waals surface area contributed by atoms with Crippen molar-refractivity contribution in [2.75, 3.05) is 13.7 Å². The van der Waals surface area contributed by atoms with Gasteiger partial charge in [-0.1, -0.05) is 37.6 Å². The van der Waals surface area contributed by atoms with Crippen LogP contribution in [0.5, 0.6) is 0 Å². The lowest BCUT2D eigenvalue weighted by Crippen LogP contribution is -2.51. The van der Waals surface area contributed by atoms with Gasteiger partial charge in [0.15, 0.2) is 0 Å². The molecule has 6 heteroatoms. The lowest BCUT2D eigenvalue weighted by Gasteiger charge is -2.21. The smallest absolute Gasteiger partial charge is 0.246 e. The lowest BCUT2D eigenvalue weighted by molar-refractivity contribution is -0.132. The first-order valence-corrected chi connectivity index (χ1v) is 8.14. The predicted molar refractivity (Wildman–Crippen MR) is 89.4 cm³/mol. The Morgan fingerprint density at radius 3 is 2.74 bits per heavy atom. The largest absolute Gasteiger partial charge is 0.375 e. The second kappa shape index (κ2) is 7.79. The Bertz CT molecular complexity index is 577. The summed E-state index contributed by atoms with van der Waals surface area (Å²) in [5.41, 5.74) is 1.13. The van der Waals surface area contributed by atoms with Gasteiger partial charge < -0.3 is 15.4 Å². The molecule has 0 spiro atoms. The average molecular weight is 339 g/mol. The summed E-state index contributed by atoms with van der Waals surface area (Å²) >= 11 is 6.00. The van der Waals surface area contributed by atoms with E-state index in [1.807, 2.05) is 38.1 Å². The van der Waals surface area contributed by atoms with Crippen molar-refractivity contribution in [3.05, 3.63) is 34.9 Å². The fourth-order valence-electron chi connectivity index (χ4n) is 2.61. The van der Waals surface area contributed by atoms with Crippen molar-refractivity contribution >= 4 is 23.4 Å². The molecule has 0 unspecified atom stereocenters. The Kier molecular flexibility index (Phi) is 6.02. The van der Waals surface area contributed by atoms with E-state index in [-0.39, 0.29) is 30.4 Å². The molecule has 5 nitrogen and oxygen atoms in total. The summed E-state index contributed by atoms with van der Waals surface area (Å²) in [5, 5.41) is 6.43. The number of halogens is 1. The molecule has 3 atom stereocenters. The normalized spacial score (nSPS) is 20.9. The van der Waals surface area contributed by atoms with E-state index in [9.17, 15) is 9.59 Å². The van der Waals surface area contributed by atoms with Gasteiger partial charge in [0.25, 0.3) is 0 Å². The predicted octanol–water partition coefficient (Wildman–Crippen LogP) is 2.10. The Labute approximate surface area is 141 Å². The van der Waals surface area contributed by atoms with Crippen molar-refractivity contribution in [2.45, 2.75) is 38.3 Å². The van der Waals surface area contributed by atoms with Gasteiger partial charge in [0.2, 0.25) is 11.8 Å². The van der Waals surface area contributed by atoms with Crippen LogP contribution in [0.4, 0.5) is 0 Å². The molecule has 1 fully saturated rings. The second-order valence-electron chi connectivity index (χ2n) is 6.23. The van der Waals surface area contributed by atoms with Crippen LogP contribution in [0.25, 0.3) is 0 Å². The number of ether oxygens (including phenoxy) is 1. The molecule has 1 aromatic carbocycles. The van der Waals surface area contributed by atoms with E-state index in [4.69, 9.17) is 16.3 Å². The molecule has 0 saturated heterocycles. The molecular weight excluding hydrogens is 316 g/mol. The van der Waals surface area contributed by atoms with Crippen molar-refractivity contribution in [1.29, 1.82) is 0 Å². The quantitative estimate of drug-likeness (QED) is 0.800. The Morgan fingerprint density at radius 2 is 2.13 bits per heavy atom. The maximum atomic E-state index is 12.4. The highest BCUT2D eigenvalue weighted by Gasteiger charge is 2.41. The minimum atomic E-state index is -0.557. The highest BCUT2D eigenvalue weighted by Crippen LogP contribution is 2.41. The molecule has 2 N–H and O–H groups in total. The standard InChI is InChI=1S/C17H23ClN2O3/c1-10(2)16(20-15(21)9-23-3)17(22)19-14-8-13(14)11-5-4-6-12(18)7-11/h4-7,10,13-14,16H,8-9H2,1-3H3,(H,19,22)(H,20,21)/t13-,14-,16-/m0/s1. The van der Waals surface area contributed by atoms with Crippen molar-refractivity contribution in [2.24, 2.45) is 5.92 Å². The number of carbonyl (C=O) groups is 2. The van der Waals surface area contributed by atoms with Crippen LogP contribution in [0.1, 0.15) is 31.7 Å². The summed E-state index contributed by atoms with van der Waals surface area (Å²) in [6, 6.07) is 7.24. The molecule has 2 rings (SSSR count). The average Bonchev–Trinajstić information content (AvgIpc) is 3.24. The summed E-state index contributed by atoms with van der Waals surface area (Å²) in [4.78, 5) is 24.1. The van der Waals surface area contributed by atoms with Gasteiger partial charge >= 0.3 is 0 Å². The number of benzene rings is 1. The van der Waals surface area contributed by atoms with Crippen LogP contribution in [0.15, 0.2) is 24.3 Å². The first kappa shape index (κ1) is 17.8. The molecule has 1 aromatic rings. The zero-order chi connectivity index (χ0) is 17.0. The van der Waals surface area contributed by atoms with Crippen LogP contribution in [0.2, 0.25) is 5.02 Å². The molecule has 0 radical (unpaired) electrons. The van der Waals surface area contributed by atoms with Crippen molar-refractivity contribution < 1.29 is 14.3 Å². The van der Waals surface area contributed by atoms with Gasteiger partial charge in [-0.15, -0.1) is 0 Å². The van der Waals surface area contributed by atoms with Crippen molar-refractivity contribution in [1.82, 2.24) is 10.6 Å². The molecule has 0 aliphatic heterocycles. The van der Waals surface area contributed by atoms with Crippen LogP contribution >= 0.6 is 11.6 Å². The van der Waals surface area contributed by atoms with E-state index in [1.165, 1.54) is 7.11 Å². The van der Waals surface area contributed by atoms with E-state index in [0.717, 1.165) is 12.0 Å². The molecule has 23 heavy (non-hydrogen) atoms. The highest BCUT2D eigenvalue weighted by molar-refractivity contribution is 6.30. The molecule has 0 bridgehead atoms. The van der Waals surface area contributed by atoms with Crippen LogP contribution < -0.4 is 10.6 Å². The molecule has 1 saturated carbocycles. The highest BCUT2D eigenvalue weighted by atomic mass is 35.5. The molecule has 1 aliphatic rings. The number of rotatable bonds is 7. The lowest BCUT2D eigenvalue weighted by atomic mass is 10.0. The van der Waals surface area contributed by atoms with E-state index in [1.54, 1.807) is 0 Å². The van der Waals surface area contributed by atoms with Gasteiger partial charge in [-0.3, -0.25) is 9.59 Å². The SMILES string of the molecule is COCC(=O)N[C@H](C(=O)N[C@H]1C[C@H]1c1cccc(Cl)c1)C(C)C. The molecule has 0 aromatic heterocycles. The summed E-state index contributed by atoms with van der Waals surface area (Å²) in [7, 11) is 1.45. The van der Waals surface area contributed by atoms with E-state index in [2.05, 4.69) is 10.6 Å². The number of hydrogen-bond donors (Lipinski definition) is 2. The summed E-state index contributed by atoms with van der Waals surface area (Å²) in [6.45, 7) is 3.75. The zero-order valence-electron chi connectivity index (χ0n) is 13.6. The monoisotopic (exact) mass is 338 g/mol. The first-order chi connectivity index (χ1) is 10.9. The Balaban J connectivity index is 1.91. The van der Waals surface area contributed by atoms with Crippen LogP contribution in [-0.2, 0) is 14.3 Å². The fraction of sp³-hybridized carbons (Fsp3) is 0.529. The van der Waals surface area contributed by atoms with Crippen molar-refractivity contribution in [3.8, 4) is 0 Å². The van der Waals surface area contributed by atoms with Gasteiger partial charge in [0, 0.05) is 24.1 Å². The van der Waals surface area contributed by atoms with Crippen LogP contribution in [0.3, 0.4) is 0 Å². The number of hydrogen-bond acceptors (Lipinski definition) is 3. The third-order valence-electron chi connectivity index (χ3n) is 3.94. The van der Waals surface area contributed by atoms with Gasteiger partial charge in [-0.2, -0.15) is 0 Å². The van der Waals surface area contributed by atoms with E-state index >= 15 is 0 Å². The maximum absolute atomic E-state index is 12.4. The van der Waals surface area contributed by atoms with E-state index < -0.39 is 6.04 Å². The first-order valence-electron chi connectivity index (χ1n) is 7.76. The molecule has 2 amide bonds. The Morgan fingerprint density at radius 1 is 1.39 bits per heavy atom. The third-order valence-corrected chi connectivity index (χ3v) is 4.17. The van der Waals surface area contributed by atoms with Gasteiger partial charge in [-0.05, 0) is 30.0 Å². The van der Waals surface area contributed by atoms with E-state index in [0.29, 0.717) is 10.9 Å². The van der Waals surface area contributed by atoms with Gasteiger partial charge in [-0.25, -0.2) is 0 Å². The third kappa shape index (κ3) is 4.94. The van der Waals surface area contributed by atoms with Crippen LogP contribution in [-0.4, -0.2) is 37.6 Å². The summed E-state index contributed by atoms with van der Waals surface area (Å²) < 4.78 is 4.79. The molecule has 0 heterocycles. The minimum Gasteiger partial charge on any atom is -0.375 e. The minimum absolute atomic E-state index is 0.000763. The van der Waals surface area contributed by atoms with Gasteiger partial charge in [0.05, 0.1) is 0 Å². The molecule has 126 valence electrons. The summed E-state index contributed by atoms with van der Waals surface area (Å²) in [5.74, 6) is -0.151. The topological polar surface area (TPSA) is 67.4 Å². The molecular formula is C17H23ClN2O3. The number of methoxy groups -OCH3 is 1.